The average molecular weight is 469 g/mol. The van der Waals surface area contributed by atoms with E-state index >= 15 is 0 Å². The number of halogens is 2. The van der Waals surface area contributed by atoms with Crippen LogP contribution in [0, 0.1) is 0 Å². The molecule has 172 valence electrons. The quantitative estimate of drug-likeness (QED) is 0.558. The van der Waals surface area contributed by atoms with Gasteiger partial charge in [-0.2, -0.15) is 8.78 Å². The van der Waals surface area contributed by atoms with E-state index in [9.17, 15) is 23.2 Å². The van der Waals surface area contributed by atoms with Gasteiger partial charge in [0, 0.05) is 4.88 Å². The minimum absolute atomic E-state index is 0.0152. The van der Waals surface area contributed by atoms with Gasteiger partial charge >= 0.3 is 18.6 Å². The van der Waals surface area contributed by atoms with E-state index in [4.69, 9.17) is 14.2 Å². The molecule has 0 atom stereocenters. The average Bonchev–Trinajstić information content (AvgIpc) is 3.32. The molecule has 0 unspecified atom stereocenters. The van der Waals surface area contributed by atoms with Crippen molar-refractivity contribution >= 4 is 34.2 Å². The van der Waals surface area contributed by atoms with Crippen molar-refractivity contribution in [1.29, 1.82) is 0 Å². The maximum absolute atomic E-state index is 12.4. The highest BCUT2D eigenvalue weighted by Crippen LogP contribution is 2.39. The third kappa shape index (κ3) is 5.34. The molecule has 2 aromatic rings. The van der Waals surface area contributed by atoms with Crippen LogP contribution in [0.1, 0.15) is 44.5 Å². The summed E-state index contributed by atoms with van der Waals surface area (Å²) in [5.74, 6) is -2.32. The third-order valence-electron chi connectivity index (χ3n) is 4.60. The lowest BCUT2D eigenvalue weighted by Crippen LogP contribution is -2.22. The molecule has 1 aromatic carbocycles. The summed E-state index contributed by atoms with van der Waals surface area (Å²) in [7, 11) is 1.23. The third-order valence-corrected chi connectivity index (χ3v) is 5.81. The fourth-order valence-electron chi connectivity index (χ4n) is 3.28. The van der Waals surface area contributed by atoms with Gasteiger partial charge < -0.3 is 24.3 Å². The van der Waals surface area contributed by atoms with E-state index in [0.717, 1.165) is 35.8 Å². The number of esters is 2. The second-order valence-electron chi connectivity index (χ2n) is 6.65. The first-order chi connectivity index (χ1) is 15.3. The lowest BCUT2D eigenvalue weighted by atomic mass is 10.1. The smallest absolute Gasteiger partial charge is 0.387 e. The number of carbonyl (C=O) groups excluding carboxylic acids is 3. The Balaban J connectivity index is 1.64. The summed E-state index contributed by atoms with van der Waals surface area (Å²) in [5.41, 5.74) is 1.22. The summed E-state index contributed by atoms with van der Waals surface area (Å²) in [6, 6.07) is 3.52. The first kappa shape index (κ1) is 23.5. The molecule has 0 saturated heterocycles. The van der Waals surface area contributed by atoms with Crippen LogP contribution in [0.15, 0.2) is 18.2 Å². The maximum atomic E-state index is 12.4. The fourth-order valence-corrected chi connectivity index (χ4v) is 4.57. The monoisotopic (exact) mass is 469 g/mol. The van der Waals surface area contributed by atoms with Gasteiger partial charge in [0.15, 0.2) is 18.1 Å². The number of fused-ring (bicyclic) bond motifs is 1. The number of hydrogen-bond donors (Lipinski definition) is 1. The molecule has 0 aliphatic heterocycles. The largest absolute Gasteiger partial charge is 0.493 e. The van der Waals surface area contributed by atoms with Crippen molar-refractivity contribution in [1.82, 2.24) is 0 Å². The fraction of sp³-hybridized carbons (Fsp3) is 0.381. The second-order valence-corrected chi connectivity index (χ2v) is 7.76. The van der Waals surface area contributed by atoms with E-state index in [0.29, 0.717) is 10.6 Å². The Hall–Kier alpha value is -3.21. The molecule has 8 nitrogen and oxygen atoms in total. The molecule has 0 bridgehead atoms. The molecule has 3 rings (SSSR count). The van der Waals surface area contributed by atoms with E-state index in [1.165, 1.54) is 30.6 Å². The molecular weight excluding hydrogens is 448 g/mol. The van der Waals surface area contributed by atoms with Crippen molar-refractivity contribution in [3.63, 3.8) is 0 Å². The molecule has 0 saturated carbocycles. The van der Waals surface area contributed by atoms with Crippen LogP contribution in [-0.2, 0) is 27.1 Å². The number of ether oxygens (including phenoxy) is 4. The van der Waals surface area contributed by atoms with Crippen LogP contribution in [0.25, 0.3) is 0 Å². The van der Waals surface area contributed by atoms with Gasteiger partial charge in [-0.05, 0) is 49.9 Å². The van der Waals surface area contributed by atoms with Gasteiger partial charge in [-0.1, -0.05) is 0 Å². The number of thiophene rings is 1. The first-order valence-corrected chi connectivity index (χ1v) is 10.6. The van der Waals surface area contributed by atoms with E-state index < -0.39 is 31.1 Å². The number of amides is 1. The van der Waals surface area contributed by atoms with Crippen LogP contribution in [0.5, 0.6) is 11.5 Å². The van der Waals surface area contributed by atoms with Gasteiger partial charge in [0.25, 0.3) is 5.91 Å². The Morgan fingerprint density at radius 2 is 1.91 bits per heavy atom. The normalized spacial score (nSPS) is 12.3. The van der Waals surface area contributed by atoms with Gasteiger partial charge in [0.2, 0.25) is 0 Å². The van der Waals surface area contributed by atoms with Crippen molar-refractivity contribution in [2.45, 2.75) is 32.8 Å². The molecule has 0 fully saturated rings. The van der Waals surface area contributed by atoms with E-state index in [1.54, 1.807) is 6.92 Å². The number of rotatable bonds is 9. The van der Waals surface area contributed by atoms with Gasteiger partial charge in [0.05, 0.1) is 24.8 Å². The molecule has 1 aromatic heterocycles. The number of carbonyl (C=O) groups is 3. The number of anilines is 1. The predicted molar refractivity (Wildman–Crippen MR) is 111 cm³/mol. The summed E-state index contributed by atoms with van der Waals surface area (Å²) in [6.45, 7) is -1.76. The van der Waals surface area contributed by atoms with Crippen molar-refractivity contribution in [3.05, 3.63) is 39.8 Å². The molecule has 1 N–H and O–H groups in total. The summed E-state index contributed by atoms with van der Waals surface area (Å²) in [6.07, 6.45) is 2.49. The van der Waals surface area contributed by atoms with Crippen LogP contribution < -0.4 is 14.8 Å². The summed E-state index contributed by atoms with van der Waals surface area (Å²) in [5, 5.41) is 2.98. The molecule has 1 heterocycles. The number of aryl methyl sites for hydroxylation is 1. The topological polar surface area (TPSA) is 100 Å². The van der Waals surface area contributed by atoms with Gasteiger partial charge in [-0.25, -0.2) is 9.59 Å². The number of benzene rings is 1. The minimum Gasteiger partial charge on any atom is -0.493 e. The molecule has 1 aliphatic carbocycles. The number of methoxy groups -OCH3 is 1. The van der Waals surface area contributed by atoms with Crippen LogP contribution in [0.2, 0.25) is 0 Å². The van der Waals surface area contributed by atoms with E-state index in [-0.39, 0.29) is 23.7 Å². The predicted octanol–water partition coefficient (Wildman–Crippen LogP) is 3.82. The molecule has 1 aliphatic rings. The zero-order valence-electron chi connectivity index (χ0n) is 17.4. The Bertz CT molecular complexity index is 1020. The molecule has 0 spiro atoms. The second kappa shape index (κ2) is 10.4. The lowest BCUT2D eigenvalue weighted by molar-refractivity contribution is -0.119. The zero-order valence-corrected chi connectivity index (χ0v) is 18.2. The Morgan fingerprint density at radius 1 is 1.12 bits per heavy atom. The number of nitrogens with one attached hydrogen (secondary N) is 1. The Labute approximate surface area is 186 Å². The molecular formula is C21H21F2NO7S. The van der Waals surface area contributed by atoms with E-state index in [2.05, 4.69) is 10.1 Å². The molecule has 1 amide bonds. The van der Waals surface area contributed by atoms with Gasteiger partial charge in [0.1, 0.15) is 5.00 Å². The van der Waals surface area contributed by atoms with Crippen LogP contribution >= 0.6 is 11.3 Å². The van der Waals surface area contributed by atoms with Crippen LogP contribution in [0.3, 0.4) is 0 Å². The lowest BCUT2D eigenvalue weighted by Gasteiger charge is -2.11. The summed E-state index contributed by atoms with van der Waals surface area (Å²) < 4.78 is 44.2. The Morgan fingerprint density at radius 3 is 2.59 bits per heavy atom. The van der Waals surface area contributed by atoms with Crippen molar-refractivity contribution in [2.75, 3.05) is 25.6 Å². The highest BCUT2D eigenvalue weighted by molar-refractivity contribution is 7.17. The number of hydrogen-bond acceptors (Lipinski definition) is 8. The highest BCUT2D eigenvalue weighted by atomic mass is 32.1. The number of alkyl halides is 2. The zero-order chi connectivity index (χ0) is 23.3. The Kier molecular flexibility index (Phi) is 7.62. The molecule has 32 heavy (non-hydrogen) atoms. The minimum atomic E-state index is -3.05. The highest BCUT2D eigenvalue weighted by Gasteiger charge is 2.28. The maximum Gasteiger partial charge on any atom is 0.387 e. The van der Waals surface area contributed by atoms with Crippen molar-refractivity contribution in [2.24, 2.45) is 0 Å². The van der Waals surface area contributed by atoms with E-state index in [1.807, 2.05) is 0 Å². The van der Waals surface area contributed by atoms with Gasteiger partial charge in [-0.15, -0.1) is 11.3 Å². The first-order valence-electron chi connectivity index (χ1n) is 9.75. The van der Waals surface area contributed by atoms with Crippen LogP contribution in [0.4, 0.5) is 13.8 Å². The summed E-state index contributed by atoms with van der Waals surface area (Å²) >= 11 is 1.31. The molecule has 11 heteroatoms. The SMILES string of the molecule is CCOC(=O)c1c(NC(=O)COC(=O)c2ccc(OC(F)F)c(OC)c2)sc2c1CCC2. The summed E-state index contributed by atoms with van der Waals surface area (Å²) in [4.78, 5) is 38.0. The standard InChI is InChI=1S/C21H21F2NO7S/c1-3-29-20(27)17-12-5-4-6-15(12)32-18(17)24-16(25)10-30-19(26)11-7-8-13(31-21(22)23)14(9-11)28-2/h7-9,21H,3-6,10H2,1-2H3,(H,24,25). The molecule has 0 radical (unpaired) electrons. The van der Waals surface area contributed by atoms with Crippen LogP contribution in [-0.4, -0.2) is 44.8 Å². The van der Waals surface area contributed by atoms with Crippen molar-refractivity contribution in [3.8, 4) is 11.5 Å². The van der Waals surface area contributed by atoms with Gasteiger partial charge in [-0.3, -0.25) is 4.79 Å². The van der Waals surface area contributed by atoms with Crippen molar-refractivity contribution < 1.29 is 42.1 Å².